The van der Waals surface area contributed by atoms with Crippen LogP contribution in [0.15, 0.2) is 22.3 Å². The van der Waals surface area contributed by atoms with Gasteiger partial charge in [-0.25, -0.2) is 0 Å². The van der Waals surface area contributed by atoms with Crippen molar-refractivity contribution in [1.29, 1.82) is 0 Å². The number of hydrogen-bond donors (Lipinski definition) is 0. The zero-order valence-corrected chi connectivity index (χ0v) is 12.0. The van der Waals surface area contributed by atoms with Crippen LogP contribution in [0.1, 0.15) is 34.6 Å². The molecule has 0 N–H and O–H groups in total. The minimum atomic E-state index is 0. The standard InChI is InChI=1S/C10H15.C2H2.2CO.Mn/c1-6-7(2)9(4)10(5)8(6)3;3*1-2;/h1-5H3;1-2H;;;. The van der Waals surface area contributed by atoms with Gasteiger partial charge < -0.3 is 0 Å². The quantitative estimate of drug-likeness (QED) is 0.280. The maximum Gasteiger partial charge on any atom is 0 e. The minimum absolute atomic E-state index is 0. The van der Waals surface area contributed by atoms with Crippen LogP contribution in [0.25, 0.3) is 0 Å². The summed E-state index contributed by atoms with van der Waals surface area (Å²) in [5.74, 6) is 1.47. The maximum absolute atomic E-state index is 7.50. The van der Waals surface area contributed by atoms with Gasteiger partial charge in [0.1, 0.15) is 0 Å². The minimum Gasteiger partial charge on any atom is 0 e. The van der Waals surface area contributed by atoms with Crippen LogP contribution in [-0.4, -0.2) is 0 Å². The summed E-state index contributed by atoms with van der Waals surface area (Å²) in [7, 11) is 0. The molecule has 0 aromatic carbocycles. The van der Waals surface area contributed by atoms with E-state index in [9.17, 15) is 0 Å². The van der Waals surface area contributed by atoms with Crippen molar-refractivity contribution in [2.24, 2.45) is 0 Å². The third kappa shape index (κ3) is 7.05. The van der Waals surface area contributed by atoms with E-state index in [0.29, 0.717) is 0 Å². The first kappa shape index (κ1) is 25.0. The Balaban J connectivity index is -0.000000106. The monoisotopic (exact) mass is 272 g/mol. The average molecular weight is 272 g/mol. The van der Waals surface area contributed by atoms with Gasteiger partial charge in [-0.3, -0.25) is 0 Å². The summed E-state index contributed by atoms with van der Waals surface area (Å²) < 4.78 is 15.0. The van der Waals surface area contributed by atoms with Crippen LogP contribution in [0.5, 0.6) is 0 Å². The molecule has 0 aliphatic heterocycles. The van der Waals surface area contributed by atoms with E-state index in [1.807, 2.05) is 0 Å². The number of terminal acetylenes is 1. The molecule has 3 heteroatoms. The van der Waals surface area contributed by atoms with E-state index < -0.39 is 0 Å². The normalized spacial score (nSPS) is 12.9. The van der Waals surface area contributed by atoms with E-state index in [2.05, 4.69) is 60.8 Å². The fourth-order valence-corrected chi connectivity index (χ4v) is 1.41. The predicted molar refractivity (Wildman–Crippen MR) is 63.4 cm³/mol. The van der Waals surface area contributed by atoms with Crippen molar-refractivity contribution in [3.63, 3.8) is 0 Å². The smallest absolute Gasteiger partial charge is 0 e. The van der Waals surface area contributed by atoms with Crippen molar-refractivity contribution in [2.75, 3.05) is 0 Å². The predicted octanol–water partition coefficient (Wildman–Crippen LogP) is 3.44. The molecular weight excluding hydrogens is 255 g/mol. The molecule has 0 unspecified atom stereocenters. The van der Waals surface area contributed by atoms with Crippen LogP contribution < -0.4 is 0 Å². The summed E-state index contributed by atoms with van der Waals surface area (Å²) in [4.78, 5) is 0. The molecule has 2 nitrogen and oxygen atoms in total. The van der Waals surface area contributed by atoms with Crippen LogP contribution in [0.3, 0.4) is 0 Å². The zero-order chi connectivity index (χ0) is 13.9. The molecule has 0 amide bonds. The second-order valence-electron chi connectivity index (χ2n) is 3.12. The first-order valence-electron chi connectivity index (χ1n) is 4.49. The third-order valence-corrected chi connectivity index (χ3v) is 2.81. The number of hydrogen-bond acceptors (Lipinski definition) is 0. The van der Waals surface area contributed by atoms with Crippen LogP contribution in [0.4, 0.5) is 0 Å². The summed E-state index contributed by atoms with van der Waals surface area (Å²) >= 11 is 0. The van der Waals surface area contributed by atoms with E-state index in [4.69, 9.17) is 9.30 Å². The fourth-order valence-electron chi connectivity index (χ4n) is 1.41. The molecule has 17 heavy (non-hydrogen) atoms. The number of allylic oxidation sites excluding steroid dienone is 4. The molecule has 0 fully saturated rings. The van der Waals surface area contributed by atoms with Gasteiger partial charge in [-0.1, -0.05) is 18.1 Å². The second kappa shape index (κ2) is 15.0. The van der Waals surface area contributed by atoms with Gasteiger partial charge in [-0.2, -0.15) is 0 Å². The molecule has 1 aliphatic carbocycles. The summed E-state index contributed by atoms with van der Waals surface area (Å²) in [6.07, 6.45) is 8.00. The van der Waals surface area contributed by atoms with Crippen LogP contribution >= 0.6 is 0 Å². The van der Waals surface area contributed by atoms with E-state index >= 15 is 0 Å². The molecule has 0 spiro atoms. The average Bonchev–Trinajstić information content (AvgIpc) is 2.55. The first-order chi connectivity index (χ1) is 7.55. The maximum atomic E-state index is 7.50. The van der Waals surface area contributed by atoms with E-state index in [1.54, 1.807) is 0 Å². The molecule has 0 saturated carbocycles. The first-order valence-corrected chi connectivity index (χ1v) is 4.49. The molecule has 0 atom stereocenters. The second-order valence-corrected chi connectivity index (χ2v) is 3.12. The molecule has 1 aliphatic rings. The van der Waals surface area contributed by atoms with E-state index in [-0.39, 0.29) is 17.1 Å². The number of rotatable bonds is 0. The Morgan fingerprint density at radius 1 is 0.647 bits per heavy atom. The van der Waals surface area contributed by atoms with Gasteiger partial charge in [0.2, 0.25) is 0 Å². The zero-order valence-electron chi connectivity index (χ0n) is 10.8. The molecule has 0 bridgehead atoms. The van der Waals surface area contributed by atoms with Gasteiger partial charge in [0.05, 0.1) is 0 Å². The van der Waals surface area contributed by atoms with Crippen molar-refractivity contribution in [1.82, 2.24) is 0 Å². The molecule has 2 radical (unpaired) electrons. The largest absolute Gasteiger partial charge is 0 e. The fraction of sp³-hybridized carbons (Fsp3) is 0.357. The van der Waals surface area contributed by atoms with Gasteiger partial charge >= 0.3 is 22.6 Å². The molecule has 1 rings (SSSR count). The Morgan fingerprint density at radius 3 is 0.882 bits per heavy atom. The van der Waals surface area contributed by atoms with Crippen molar-refractivity contribution >= 4 is 0 Å². The Labute approximate surface area is 115 Å². The molecule has 0 aromatic rings. The molecule has 0 aromatic heterocycles. The Kier molecular flexibility index (Phi) is 22.1. The Bertz CT molecular complexity index is 292. The molecule has 0 saturated heterocycles. The topological polar surface area (TPSA) is 39.8 Å². The molecular formula is C14H17MnO2. The van der Waals surface area contributed by atoms with Gasteiger partial charge in [0, 0.05) is 23.0 Å². The van der Waals surface area contributed by atoms with Gasteiger partial charge in [0.15, 0.2) is 0 Å². The van der Waals surface area contributed by atoms with Crippen LogP contribution in [0.2, 0.25) is 0 Å². The van der Waals surface area contributed by atoms with Gasteiger partial charge in [0.25, 0.3) is 0 Å². The van der Waals surface area contributed by atoms with Crippen molar-refractivity contribution in [3.05, 3.63) is 41.5 Å². The summed E-state index contributed by atoms with van der Waals surface area (Å²) in [6.45, 7) is 20.0. The van der Waals surface area contributed by atoms with Gasteiger partial charge in [-0.05, 0) is 38.8 Å². The third-order valence-electron chi connectivity index (χ3n) is 2.81. The van der Waals surface area contributed by atoms with Crippen molar-refractivity contribution < 1.29 is 26.4 Å². The van der Waals surface area contributed by atoms with Crippen molar-refractivity contribution in [3.8, 4) is 12.8 Å². The summed E-state index contributed by atoms with van der Waals surface area (Å²) in [5.41, 5.74) is 5.87. The Morgan fingerprint density at radius 2 is 0.824 bits per heavy atom. The van der Waals surface area contributed by atoms with E-state index in [0.717, 1.165) is 0 Å². The Hall–Kier alpha value is -0.961. The van der Waals surface area contributed by atoms with Crippen LogP contribution in [-0.2, 0) is 26.4 Å². The van der Waals surface area contributed by atoms with E-state index in [1.165, 1.54) is 28.2 Å². The SMILES string of the molecule is C#C.C[C]1C(C)=C(C)C(C)=C1C.[C-]#[O+].[C-]#[O+].[Mn]. The molecule has 0 heterocycles. The van der Waals surface area contributed by atoms with Gasteiger partial charge in [-0.15, -0.1) is 12.8 Å². The molecule has 92 valence electrons. The van der Waals surface area contributed by atoms with Crippen LogP contribution in [0, 0.1) is 32.1 Å². The van der Waals surface area contributed by atoms with Crippen molar-refractivity contribution in [2.45, 2.75) is 34.6 Å². The summed E-state index contributed by atoms with van der Waals surface area (Å²) in [6, 6.07) is 0. The summed E-state index contributed by atoms with van der Waals surface area (Å²) in [5, 5.41) is 0.